The lowest BCUT2D eigenvalue weighted by molar-refractivity contribution is -0.0507. The average Bonchev–Trinajstić information content (AvgIpc) is 2.26. The van der Waals surface area contributed by atoms with Crippen LogP contribution in [-0.4, -0.2) is 47.1 Å². The van der Waals surface area contributed by atoms with E-state index in [1.807, 2.05) is 0 Å². The van der Waals surface area contributed by atoms with Crippen molar-refractivity contribution in [2.45, 2.75) is 76.9 Å². The van der Waals surface area contributed by atoms with Gasteiger partial charge in [0.15, 0.2) is 0 Å². The zero-order chi connectivity index (χ0) is 12.7. The molecule has 2 fully saturated rings. The molecule has 0 spiro atoms. The fourth-order valence-electron chi connectivity index (χ4n) is 3.86. The third-order valence-corrected chi connectivity index (χ3v) is 5.19. The molecule has 2 nitrogen and oxygen atoms in total. The number of hydrogen-bond donors (Lipinski definition) is 0. The quantitative estimate of drug-likeness (QED) is 0.692. The van der Waals surface area contributed by atoms with Gasteiger partial charge in [-0.3, -0.25) is 4.90 Å². The number of likely N-dealkylation sites (tertiary alicyclic amines) is 2. The first kappa shape index (κ1) is 13.4. The molecule has 0 unspecified atom stereocenters. The van der Waals surface area contributed by atoms with E-state index in [1.165, 1.54) is 45.2 Å². The van der Waals surface area contributed by atoms with Gasteiger partial charge in [-0.1, -0.05) is 6.42 Å². The molecule has 0 radical (unpaired) electrons. The lowest BCUT2D eigenvalue weighted by Crippen LogP contribution is -2.63. The van der Waals surface area contributed by atoms with Gasteiger partial charge in [0.2, 0.25) is 0 Å². The molecule has 0 bridgehead atoms. The predicted octanol–water partition coefficient (Wildman–Crippen LogP) is 3.12. The number of hydrogen-bond acceptors (Lipinski definition) is 2. The van der Waals surface area contributed by atoms with Gasteiger partial charge in [-0.25, -0.2) is 0 Å². The molecule has 0 N–H and O–H groups in total. The molecule has 2 saturated heterocycles. The molecule has 100 valence electrons. The Balaban J connectivity index is 2.09. The van der Waals surface area contributed by atoms with Gasteiger partial charge in [-0.2, -0.15) is 0 Å². The normalized spacial score (nSPS) is 31.6. The van der Waals surface area contributed by atoms with Crippen LogP contribution in [0.25, 0.3) is 0 Å². The van der Waals surface area contributed by atoms with E-state index in [-0.39, 0.29) is 0 Å². The van der Waals surface area contributed by atoms with Gasteiger partial charge < -0.3 is 4.90 Å². The summed E-state index contributed by atoms with van der Waals surface area (Å²) in [7, 11) is 2.30. The molecule has 0 aromatic rings. The minimum Gasteiger partial charge on any atom is -0.300 e. The Morgan fingerprint density at radius 1 is 0.824 bits per heavy atom. The topological polar surface area (TPSA) is 6.48 Å². The molecule has 2 aliphatic rings. The highest BCUT2D eigenvalue weighted by atomic mass is 15.3. The molecule has 2 aliphatic heterocycles. The van der Waals surface area contributed by atoms with Crippen molar-refractivity contribution < 1.29 is 0 Å². The summed E-state index contributed by atoms with van der Waals surface area (Å²) in [6.07, 6.45) is 6.91. The number of piperidine rings is 2. The van der Waals surface area contributed by atoms with Crippen molar-refractivity contribution in [2.24, 2.45) is 0 Å². The summed E-state index contributed by atoms with van der Waals surface area (Å²) >= 11 is 0. The van der Waals surface area contributed by atoms with Gasteiger partial charge in [0.25, 0.3) is 0 Å². The summed E-state index contributed by atoms with van der Waals surface area (Å²) in [6, 6.07) is 0.802. The highest BCUT2D eigenvalue weighted by Gasteiger charge is 2.44. The maximum atomic E-state index is 2.76. The van der Waals surface area contributed by atoms with Gasteiger partial charge in [0, 0.05) is 17.1 Å². The van der Waals surface area contributed by atoms with Gasteiger partial charge >= 0.3 is 0 Å². The van der Waals surface area contributed by atoms with Gasteiger partial charge in [0.05, 0.1) is 0 Å². The van der Waals surface area contributed by atoms with Crippen LogP contribution in [0, 0.1) is 0 Å². The summed E-state index contributed by atoms with van der Waals surface area (Å²) in [4.78, 5) is 5.35. The fourth-order valence-corrected chi connectivity index (χ4v) is 3.86. The Bertz CT molecular complexity index is 246. The van der Waals surface area contributed by atoms with Crippen LogP contribution in [0.15, 0.2) is 0 Å². The fraction of sp³-hybridized carbons (Fsp3) is 1.00. The van der Waals surface area contributed by atoms with Gasteiger partial charge in [-0.05, 0) is 73.5 Å². The molecule has 0 atom stereocenters. The lowest BCUT2D eigenvalue weighted by Gasteiger charge is -2.56. The van der Waals surface area contributed by atoms with E-state index in [0.29, 0.717) is 11.1 Å². The van der Waals surface area contributed by atoms with Crippen LogP contribution in [0.3, 0.4) is 0 Å². The molecule has 0 amide bonds. The Kier molecular flexibility index (Phi) is 3.57. The zero-order valence-electron chi connectivity index (χ0n) is 12.4. The summed E-state index contributed by atoms with van der Waals surface area (Å²) in [5.41, 5.74) is 0.674. The minimum absolute atomic E-state index is 0.337. The smallest absolute Gasteiger partial charge is 0.0170 e. The van der Waals surface area contributed by atoms with Crippen molar-refractivity contribution in [3.63, 3.8) is 0 Å². The van der Waals surface area contributed by atoms with E-state index >= 15 is 0 Å². The van der Waals surface area contributed by atoms with E-state index in [9.17, 15) is 0 Å². The predicted molar refractivity (Wildman–Crippen MR) is 74.4 cm³/mol. The van der Waals surface area contributed by atoms with Crippen LogP contribution in [0.5, 0.6) is 0 Å². The molecule has 2 heterocycles. The monoisotopic (exact) mass is 238 g/mol. The number of nitrogens with zero attached hydrogens (tertiary/aromatic N) is 2. The van der Waals surface area contributed by atoms with Gasteiger partial charge in [0.1, 0.15) is 0 Å². The van der Waals surface area contributed by atoms with Crippen molar-refractivity contribution in [3.05, 3.63) is 0 Å². The molecule has 0 aliphatic carbocycles. The van der Waals surface area contributed by atoms with E-state index in [2.05, 4.69) is 44.5 Å². The van der Waals surface area contributed by atoms with Crippen molar-refractivity contribution in [2.75, 3.05) is 20.1 Å². The van der Waals surface area contributed by atoms with Gasteiger partial charge in [-0.15, -0.1) is 0 Å². The lowest BCUT2D eigenvalue weighted by atomic mass is 9.76. The summed E-state index contributed by atoms with van der Waals surface area (Å²) in [6.45, 7) is 12.3. The largest absolute Gasteiger partial charge is 0.300 e. The minimum atomic E-state index is 0.337. The second-order valence-corrected chi connectivity index (χ2v) is 7.34. The van der Waals surface area contributed by atoms with E-state index in [4.69, 9.17) is 0 Å². The Labute approximate surface area is 107 Å². The SMILES string of the molecule is CN1C(C)(C)CC(N2CCCCC2)CC1(C)C. The van der Waals surface area contributed by atoms with E-state index in [1.54, 1.807) is 0 Å². The molecule has 0 saturated carbocycles. The molecule has 2 rings (SSSR count). The second-order valence-electron chi connectivity index (χ2n) is 7.34. The maximum absolute atomic E-state index is 2.76. The van der Waals surface area contributed by atoms with Crippen LogP contribution in [0.1, 0.15) is 59.8 Å². The van der Waals surface area contributed by atoms with Crippen molar-refractivity contribution >= 4 is 0 Å². The van der Waals surface area contributed by atoms with Crippen molar-refractivity contribution in [1.29, 1.82) is 0 Å². The molecule has 0 aromatic carbocycles. The highest BCUT2D eigenvalue weighted by Crippen LogP contribution is 2.39. The van der Waals surface area contributed by atoms with Crippen molar-refractivity contribution in [3.8, 4) is 0 Å². The maximum Gasteiger partial charge on any atom is 0.0170 e. The van der Waals surface area contributed by atoms with Crippen LogP contribution in [-0.2, 0) is 0 Å². The zero-order valence-corrected chi connectivity index (χ0v) is 12.4. The third kappa shape index (κ3) is 2.68. The van der Waals surface area contributed by atoms with E-state index in [0.717, 1.165) is 6.04 Å². The Hall–Kier alpha value is -0.0800. The average molecular weight is 238 g/mol. The summed E-state index contributed by atoms with van der Waals surface area (Å²) in [5.74, 6) is 0. The van der Waals surface area contributed by atoms with Crippen LogP contribution in [0.2, 0.25) is 0 Å². The third-order valence-electron chi connectivity index (χ3n) is 5.19. The molecule has 17 heavy (non-hydrogen) atoms. The standard InChI is InChI=1S/C15H30N2/c1-14(2)11-13(12-15(3,4)16(14)5)17-9-7-6-8-10-17/h13H,6-12H2,1-5H3. The molecule has 0 aromatic heterocycles. The highest BCUT2D eigenvalue weighted by molar-refractivity contribution is 5.01. The molecular weight excluding hydrogens is 208 g/mol. The molecule has 2 heteroatoms. The number of rotatable bonds is 1. The van der Waals surface area contributed by atoms with E-state index < -0.39 is 0 Å². The first-order chi connectivity index (χ1) is 7.83. The van der Waals surface area contributed by atoms with Crippen LogP contribution < -0.4 is 0 Å². The first-order valence-corrected chi connectivity index (χ1v) is 7.31. The second kappa shape index (κ2) is 4.55. The first-order valence-electron chi connectivity index (χ1n) is 7.31. The Morgan fingerprint density at radius 2 is 1.29 bits per heavy atom. The van der Waals surface area contributed by atoms with Crippen molar-refractivity contribution in [1.82, 2.24) is 9.80 Å². The Morgan fingerprint density at radius 3 is 1.76 bits per heavy atom. The van der Waals surface area contributed by atoms with Crippen LogP contribution in [0.4, 0.5) is 0 Å². The van der Waals surface area contributed by atoms with Crippen LogP contribution >= 0.6 is 0 Å². The molecular formula is C15H30N2. The summed E-state index contributed by atoms with van der Waals surface area (Å²) in [5, 5.41) is 0. The summed E-state index contributed by atoms with van der Waals surface area (Å²) < 4.78 is 0.